The van der Waals surface area contributed by atoms with Crippen molar-refractivity contribution in [2.24, 2.45) is 11.8 Å². The maximum absolute atomic E-state index is 12.9. The van der Waals surface area contributed by atoms with Gasteiger partial charge in [-0.1, -0.05) is 11.8 Å². The summed E-state index contributed by atoms with van der Waals surface area (Å²) in [4.78, 5) is 24.4. The number of likely N-dealkylation sites (tertiary alicyclic amines) is 1. The third-order valence-electron chi connectivity index (χ3n) is 3.86. The zero-order valence-corrected chi connectivity index (χ0v) is 14.0. The SMILES string of the molecule is O=C(CN1C[C@@H](C(F)(F)F)[C@H](C(=O)O)C1)Nc1ccc(SC(F)F)cc1. The van der Waals surface area contributed by atoms with E-state index in [1.807, 2.05) is 0 Å². The molecule has 0 spiro atoms. The van der Waals surface area contributed by atoms with Crippen LogP contribution in [0.2, 0.25) is 0 Å². The normalized spacial score (nSPS) is 21.2. The van der Waals surface area contributed by atoms with E-state index >= 15 is 0 Å². The molecule has 1 aromatic rings. The summed E-state index contributed by atoms with van der Waals surface area (Å²) in [5, 5.41) is 11.4. The molecular weight excluding hydrogens is 383 g/mol. The Labute approximate surface area is 149 Å². The predicted molar refractivity (Wildman–Crippen MR) is 84.0 cm³/mol. The van der Waals surface area contributed by atoms with Crippen molar-refractivity contribution >= 4 is 29.3 Å². The molecule has 1 aliphatic heterocycles. The highest BCUT2D eigenvalue weighted by Crippen LogP contribution is 2.37. The lowest BCUT2D eigenvalue weighted by molar-refractivity contribution is -0.188. The number of carbonyl (C=O) groups excluding carboxylic acids is 1. The molecular formula is C15H15F5N2O3S. The van der Waals surface area contributed by atoms with Crippen molar-refractivity contribution < 1.29 is 36.6 Å². The molecule has 11 heteroatoms. The average molecular weight is 398 g/mol. The Hall–Kier alpha value is -1.88. The van der Waals surface area contributed by atoms with E-state index < -0.39 is 48.7 Å². The molecule has 1 saturated heterocycles. The maximum Gasteiger partial charge on any atom is 0.393 e. The zero-order chi connectivity index (χ0) is 19.5. The summed E-state index contributed by atoms with van der Waals surface area (Å²) < 4.78 is 63.2. The van der Waals surface area contributed by atoms with Gasteiger partial charge in [-0.25, -0.2) is 0 Å². The Morgan fingerprint density at radius 3 is 2.31 bits per heavy atom. The Balaban J connectivity index is 1.92. The lowest BCUT2D eigenvalue weighted by Gasteiger charge is -2.18. The highest BCUT2D eigenvalue weighted by molar-refractivity contribution is 7.99. The first-order valence-electron chi connectivity index (χ1n) is 7.43. The van der Waals surface area contributed by atoms with Gasteiger partial charge in [0.25, 0.3) is 5.76 Å². The molecule has 2 atom stereocenters. The van der Waals surface area contributed by atoms with Gasteiger partial charge in [0.15, 0.2) is 0 Å². The smallest absolute Gasteiger partial charge is 0.393 e. The van der Waals surface area contributed by atoms with Crippen LogP contribution in [0, 0.1) is 11.8 Å². The topological polar surface area (TPSA) is 69.6 Å². The summed E-state index contributed by atoms with van der Waals surface area (Å²) in [6, 6.07) is 5.54. The fourth-order valence-electron chi connectivity index (χ4n) is 2.72. The summed E-state index contributed by atoms with van der Waals surface area (Å²) >= 11 is 0.341. The number of thioether (sulfide) groups is 1. The second kappa shape index (κ2) is 8.21. The first-order valence-corrected chi connectivity index (χ1v) is 8.31. The highest BCUT2D eigenvalue weighted by atomic mass is 32.2. The van der Waals surface area contributed by atoms with Crippen molar-refractivity contribution in [1.82, 2.24) is 4.90 Å². The second-order valence-electron chi connectivity index (χ2n) is 5.74. The summed E-state index contributed by atoms with van der Waals surface area (Å²) in [5.41, 5.74) is 0.301. The van der Waals surface area contributed by atoms with Gasteiger partial charge in [-0.05, 0) is 24.3 Å². The summed E-state index contributed by atoms with van der Waals surface area (Å²) in [6.45, 7) is -1.35. The molecule has 0 saturated carbocycles. The van der Waals surface area contributed by atoms with E-state index in [2.05, 4.69) is 5.32 Å². The van der Waals surface area contributed by atoms with Crippen LogP contribution >= 0.6 is 11.8 Å². The number of aliphatic carboxylic acids is 1. The number of alkyl halides is 5. The van der Waals surface area contributed by atoms with E-state index in [0.717, 1.165) is 4.90 Å². The molecule has 2 rings (SSSR count). The van der Waals surface area contributed by atoms with E-state index in [1.165, 1.54) is 24.3 Å². The van der Waals surface area contributed by atoms with Crippen LogP contribution in [0.4, 0.5) is 27.6 Å². The summed E-state index contributed by atoms with van der Waals surface area (Å²) in [5.74, 6) is -8.39. The molecule has 144 valence electrons. The van der Waals surface area contributed by atoms with Crippen LogP contribution in [-0.2, 0) is 9.59 Å². The van der Waals surface area contributed by atoms with Crippen LogP contribution in [0.3, 0.4) is 0 Å². The second-order valence-corrected chi connectivity index (χ2v) is 6.80. The van der Waals surface area contributed by atoms with Gasteiger partial charge in [0.1, 0.15) is 0 Å². The van der Waals surface area contributed by atoms with E-state index in [9.17, 15) is 31.5 Å². The number of halogens is 5. The third-order valence-corrected chi connectivity index (χ3v) is 4.59. The summed E-state index contributed by atoms with van der Waals surface area (Å²) in [7, 11) is 0. The van der Waals surface area contributed by atoms with Gasteiger partial charge in [0.05, 0.1) is 18.4 Å². The number of anilines is 1. The van der Waals surface area contributed by atoms with Gasteiger partial charge in [-0.3, -0.25) is 14.5 Å². The Kier molecular flexibility index (Phi) is 6.45. The maximum atomic E-state index is 12.9. The van der Waals surface area contributed by atoms with Crippen molar-refractivity contribution in [2.75, 3.05) is 25.0 Å². The number of benzene rings is 1. The molecule has 1 aliphatic rings. The fraction of sp³-hybridized carbons (Fsp3) is 0.467. The van der Waals surface area contributed by atoms with Crippen molar-refractivity contribution in [3.63, 3.8) is 0 Å². The molecule has 0 unspecified atom stereocenters. The molecule has 26 heavy (non-hydrogen) atoms. The summed E-state index contributed by atoms with van der Waals surface area (Å²) in [6.07, 6.45) is -4.66. The van der Waals surface area contributed by atoms with E-state index in [0.29, 0.717) is 22.3 Å². The van der Waals surface area contributed by atoms with Gasteiger partial charge in [0, 0.05) is 23.7 Å². The number of nitrogens with one attached hydrogen (secondary N) is 1. The third kappa shape index (κ3) is 5.56. The van der Waals surface area contributed by atoms with Gasteiger partial charge in [-0.15, -0.1) is 0 Å². The number of rotatable bonds is 6. The number of carbonyl (C=O) groups is 2. The van der Waals surface area contributed by atoms with E-state index in [1.54, 1.807) is 0 Å². The Morgan fingerprint density at radius 1 is 1.23 bits per heavy atom. The minimum Gasteiger partial charge on any atom is -0.481 e. The van der Waals surface area contributed by atoms with Crippen LogP contribution in [0.15, 0.2) is 29.2 Å². The molecule has 1 amide bonds. The lowest BCUT2D eigenvalue weighted by Crippen LogP contribution is -2.34. The zero-order valence-electron chi connectivity index (χ0n) is 13.2. The van der Waals surface area contributed by atoms with Crippen LogP contribution in [0.1, 0.15) is 0 Å². The van der Waals surface area contributed by atoms with Gasteiger partial charge in [-0.2, -0.15) is 22.0 Å². The first kappa shape index (κ1) is 20.4. The molecule has 0 aliphatic carbocycles. The van der Waals surface area contributed by atoms with Gasteiger partial charge in [0.2, 0.25) is 5.91 Å². The minimum atomic E-state index is -4.66. The lowest BCUT2D eigenvalue weighted by atomic mass is 9.96. The fourth-order valence-corrected chi connectivity index (χ4v) is 3.22. The standard InChI is InChI=1S/C15H15F5N2O3S/c16-14(17)26-9-3-1-8(2-4-9)21-12(23)7-22-5-10(13(24)25)11(6-22)15(18,19)20/h1-4,10-11,14H,5-7H2,(H,21,23)(H,24,25)/t10-,11-/m1/s1. The van der Waals surface area contributed by atoms with Crippen LogP contribution in [0.5, 0.6) is 0 Å². The van der Waals surface area contributed by atoms with Crippen molar-refractivity contribution in [3.8, 4) is 0 Å². The number of carboxylic acid groups (broad SMARTS) is 1. The molecule has 5 nitrogen and oxygen atoms in total. The predicted octanol–water partition coefficient (Wildman–Crippen LogP) is 3.13. The monoisotopic (exact) mass is 398 g/mol. The van der Waals surface area contributed by atoms with Crippen LogP contribution in [-0.4, -0.2) is 53.5 Å². The van der Waals surface area contributed by atoms with Crippen molar-refractivity contribution in [2.45, 2.75) is 16.8 Å². The average Bonchev–Trinajstić information content (AvgIpc) is 2.93. The number of amides is 1. The number of nitrogens with zero attached hydrogens (tertiary/aromatic N) is 1. The van der Waals surface area contributed by atoms with E-state index in [-0.39, 0.29) is 6.54 Å². The quantitative estimate of drug-likeness (QED) is 0.569. The van der Waals surface area contributed by atoms with Crippen LogP contribution < -0.4 is 5.32 Å². The van der Waals surface area contributed by atoms with Crippen molar-refractivity contribution in [1.29, 1.82) is 0 Å². The minimum absolute atomic E-state index is 0.301. The molecule has 0 radical (unpaired) electrons. The van der Waals surface area contributed by atoms with Gasteiger partial charge < -0.3 is 10.4 Å². The van der Waals surface area contributed by atoms with E-state index in [4.69, 9.17) is 5.11 Å². The largest absolute Gasteiger partial charge is 0.481 e. The van der Waals surface area contributed by atoms with Gasteiger partial charge >= 0.3 is 12.1 Å². The molecule has 1 aromatic carbocycles. The first-order chi connectivity index (χ1) is 12.1. The Bertz CT molecular complexity index is 654. The van der Waals surface area contributed by atoms with Crippen molar-refractivity contribution in [3.05, 3.63) is 24.3 Å². The van der Waals surface area contributed by atoms with Crippen LogP contribution in [0.25, 0.3) is 0 Å². The molecule has 2 N–H and O–H groups in total. The molecule has 1 fully saturated rings. The number of hydrogen-bond acceptors (Lipinski definition) is 4. The number of carboxylic acids is 1. The molecule has 1 heterocycles. The molecule has 0 aromatic heterocycles. The number of hydrogen-bond donors (Lipinski definition) is 2. The Morgan fingerprint density at radius 2 is 1.85 bits per heavy atom. The molecule has 0 bridgehead atoms. The highest BCUT2D eigenvalue weighted by Gasteiger charge is 2.52.